The van der Waals surface area contributed by atoms with Gasteiger partial charge in [-0.1, -0.05) is 95.4 Å². The lowest BCUT2D eigenvalue weighted by Crippen LogP contribution is -2.64. The van der Waals surface area contributed by atoms with Crippen molar-refractivity contribution in [2.75, 3.05) is 39.6 Å². The zero-order chi connectivity index (χ0) is 63.6. The van der Waals surface area contributed by atoms with E-state index in [0.29, 0.717) is 22.9 Å². The fourth-order valence-electron chi connectivity index (χ4n) is 10.8. The van der Waals surface area contributed by atoms with Crippen LogP contribution in [0.15, 0.2) is 122 Å². The molecule has 0 unspecified atom stereocenters. The van der Waals surface area contributed by atoms with Gasteiger partial charge in [0.25, 0.3) is 0 Å². The monoisotopic (exact) mass is 1260 g/mol. The second-order valence-electron chi connectivity index (χ2n) is 21.8. The summed E-state index contributed by atoms with van der Waals surface area (Å²) in [6.07, 6.45) is -28.6. The summed E-state index contributed by atoms with van der Waals surface area (Å²) in [5, 5.41) is 161. The van der Waals surface area contributed by atoms with E-state index in [1.54, 1.807) is 12.4 Å². The molecule has 0 saturated carbocycles. The lowest BCUT2D eigenvalue weighted by molar-refractivity contribution is -0.360. The molecule has 0 spiro atoms. The fraction of sp³-hybridized carbons (Fsp3) is 0.500. The quantitative estimate of drug-likeness (QED) is 0.0233. The van der Waals surface area contributed by atoms with E-state index < -0.39 is 149 Å². The molecule has 488 valence electrons. The van der Waals surface area contributed by atoms with Crippen LogP contribution in [0, 0.1) is 0 Å². The van der Waals surface area contributed by atoms with Crippen LogP contribution in [0.3, 0.4) is 0 Å². The molecule has 30 nitrogen and oxygen atoms in total. The lowest BCUT2D eigenvalue weighted by Gasteiger charge is -2.45. The van der Waals surface area contributed by atoms with Crippen molar-refractivity contribution in [3.8, 4) is 11.5 Å². The normalized spacial score (nSPS) is 32.5. The number of benzene rings is 4. The molecule has 0 amide bonds. The Hall–Kier alpha value is -6.38. The zero-order valence-electron chi connectivity index (χ0n) is 48.2. The second-order valence-corrected chi connectivity index (χ2v) is 21.8. The summed E-state index contributed by atoms with van der Waals surface area (Å²) in [5.74, 6) is 1.19. The number of aliphatic hydroxyl groups is 14. The van der Waals surface area contributed by atoms with Crippen molar-refractivity contribution in [3.05, 3.63) is 155 Å². The molecule has 14 N–H and O–H groups in total. The van der Waals surface area contributed by atoms with Crippen molar-refractivity contribution in [3.63, 3.8) is 0 Å². The second kappa shape index (κ2) is 30.8. The molecule has 0 bridgehead atoms. The van der Waals surface area contributed by atoms with Crippen molar-refractivity contribution >= 4 is 11.1 Å². The number of hydrogen-bond acceptors (Lipinski definition) is 28. The molecular formula is C60H74N6O24. The molecule has 6 aromatic rings. The Morgan fingerprint density at radius 3 is 1.07 bits per heavy atom. The maximum absolute atomic E-state index is 11.0. The summed E-state index contributed by atoms with van der Waals surface area (Å²) in [6.45, 7) is -2.34. The predicted molar refractivity (Wildman–Crippen MR) is 304 cm³/mol. The van der Waals surface area contributed by atoms with Crippen molar-refractivity contribution in [1.82, 2.24) is 30.0 Å². The van der Waals surface area contributed by atoms with Gasteiger partial charge < -0.3 is 119 Å². The van der Waals surface area contributed by atoms with E-state index >= 15 is 0 Å². The van der Waals surface area contributed by atoms with E-state index in [-0.39, 0.29) is 39.5 Å². The third-order valence-electron chi connectivity index (χ3n) is 15.7. The molecule has 30 heteroatoms. The van der Waals surface area contributed by atoms with Crippen molar-refractivity contribution in [2.45, 2.75) is 149 Å². The van der Waals surface area contributed by atoms with Gasteiger partial charge in [0.15, 0.2) is 25.2 Å². The minimum absolute atomic E-state index is 0.206. The van der Waals surface area contributed by atoms with Crippen LogP contribution in [0.5, 0.6) is 11.5 Å². The number of aliphatic hydroxyl groups excluding tert-OH is 14. The molecule has 2 aromatic heterocycles. The van der Waals surface area contributed by atoms with Gasteiger partial charge in [0.1, 0.15) is 134 Å². The number of rotatable bonds is 26. The number of hydrogen-bond donors (Lipinski definition) is 14. The minimum Gasteiger partial charge on any atom is -0.492 e. The molecule has 4 aliphatic heterocycles. The van der Waals surface area contributed by atoms with E-state index in [1.807, 2.05) is 109 Å². The Labute approximate surface area is 514 Å². The van der Waals surface area contributed by atoms with Crippen LogP contribution in [0.25, 0.3) is 11.1 Å². The molecule has 0 aliphatic carbocycles. The average Bonchev–Trinajstić information content (AvgIpc) is 1.41. The maximum atomic E-state index is 11.0. The van der Waals surface area contributed by atoms with E-state index in [1.165, 1.54) is 9.36 Å². The molecule has 4 saturated heterocycles. The van der Waals surface area contributed by atoms with Crippen LogP contribution in [-0.4, -0.2) is 264 Å². The van der Waals surface area contributed by atoms with Gasteiger partial charge in [0.2, 0.25) is 0 Å². The van der Waals surface area contributed by atoms with Gasteiger partial charge in [0, 0.05) is 0 Å². The highest BCUT2D eigenvalue weighted by Gasteiger charge is 2.53. The largest absolute Gasteiger partial charge is 0.492 e. The minimum atomic E-state index is -1.80. The van der Waals surface area contributed by atoms with Gasteiger partial charge in [-0.25, -0.2) is 9.36 Å². The van der Waals surface area contributed by atoms with E-state index in [2.05, 4.69) is 20.6 Å². The summed E-state index contributed by atoms with van der Waals surface area (Å²) < 4.78 is 60.2. The van der Waals surface area contributed by atoms with Crippen LogP contribution in [0.4, 0.5) is 0 Å². The van der Waals surface area contributed by atoms with Crippen molar-refractivity contribution in [1.29, 1.82) is 0 Å². The fourth-order valence-corrected chi connectivity index (χ4v) is 10.8. The van der Waals surface area contributed by atoms with Gasteiger partial charge in [-0.2, -0.15) is 0 Å². The molecule has 10 rings (SSSR count). The molecule has 20 atom stereocenters. The number of aromatic nitrogens is 6. The molecule has 6 heterocycles. The summed E-state index contributed by atoms with van der Waals surface area (Å²) in [6, 6.07) is 35.5. The Morgan fingerprint density at radius 2 is 0.711 bits per heavy atom. The van der Waals surface area contributed by atoms with Crippen LogP contribution in [0.2, 0.25) is 0 Å². The third-order valence-corrected chi connectivity index (χ3v) is 15.7. The zero-order valence-corrected chi connectivity index (χ0v) is 48.2. The maximum Gasteiger partial charge on any atom is 0.187 e. The highest BCUT2D eigenvalue weighted by atomic mass is 16.8. The van der Waals surface area contributed by atoms with Gasteiger partial charge in [-0.3, -0.25) is 0 Å². The highest BCUT2D eigenvalue weighted by molar-refractivity contribution is 6.04. The Kier molecular flexibility index (Phi) is 22.8. The van der Waals surface area contributed by atoms with E-state index in [4.69, 9.17) is 47.4 Å². The molecule has 4 aliphatic rings. The number of ether oxygens (including phenoxy) is 10. The van der Waals surface area contributed by atoms with Gasteiger partial charge in [-0.15, -0.1) is 10.2 Å². The van der Waals surface area contributed by atoms with E-state index in [9.17, 15) is 71.5 Å². The average molecular weight is 1260 g/mol. The molecule has 90 heavy (non-hydrogen) atoms. The Balaban J connectivity index is 0.721. The van der Waals surface area contributed by atoms with Gasteiger partial charge in [-0.05, 0) is 57.7 Å². The SMILES string of the molecule is OC[C@H]1O[C@@H](O[C@H]2[C@H](O)[C@@H](O)[C@H](OCc3cn(CCOc4ccc(/C(=C(\c5ccccc5)c5ccc(OCCn6cc(CO[C@@H]7O[C@H](CO)[C@@H](O[C@@H]8O[C@H](CO)[C@@H](O)[C@H](O)[C@H]8O)[C@H](O)[C@H]7O)nn6)cc5)c5ccccc5)cc4)nn3)O[C@@H]2CO)[C@H](O)[C@@H](O)[C@@H]1O. The topological polar surface area (TPSA) is 437 Å². The van der Waals surface area contributed by atoms with Gasteiger partial charge >= 0.3 is 0 Å². The lowest BCUT2D eigenvalue weighted by atomic mass is 9.86. The number of nitrogens with zero attached hydrogens (tertiary/aromatic N) is 6. The summed E-state index contributed by atoms with van der Waals surface area (Å²) in [4.78, 5) is 0. The molecule has 0 radical (unpaired) electrons. The predicted octanol–water partition coefficient (Wildman–Crippen LogP) is -3.68. The van der Waals surface area contributed by atoms with Crippen molar-refractivity contribution < 1.29 is 119 Å². The van der Waals surface area contributed by atoms with Crippen LogP contribution in [0.1, 0.15) is 33.6 Å². The molecular weight excluding hydrogens is 1190 g/mol. The molecule has 4 aromatic carbocycles. The third kappa shape index (κ3) is 15.4. The Morgan fingerprint density at radius 1 is 0.378 bits per heavy atom. The van der Waals surface area contributed by atoms with Crippen molar-refractivity contribution in [2.24, 2.45) is 0 Å². The first-order valence-electron chi connectivity index (χ1n) is 29.1. The van der Waals surface area contributed by atoms with Crippen LogP contribution >= 0.6 is 0 Å². The first-order valence-corrected chi connectivity index (χ1v) is 29.1. The summed E-state index contributed by atoms with van der Waals surface area (Å²) in [7, 11) is 0. The standard InChI is InChI=1S/C60H74N6O24/c67-25-39-45(71)47(73)51(77)59(85-39)89-55-41(27-69)87-57(53(79)49(55)75)83-29-35-23-65(63-61-35)19-21-81-37-15-11-33(12-16-37)43(31-7-3-1-4-8-31)44(32-9-5-2-6-10-32)34-13-17-38(18-14-34)82-22-20-66-24-36(62-64-66)30-84-58-54(80)50(76)56(42(28-70)88-58)90-60-52(78)48(74)46(72)40(26-68)86-60/h1-18,23-24,39-42,45-60,67-80H,19-22,25-30H2/b44-43+/t39-,40-,41-,42-,45-,46-,47+,48+,49-,50-,51-,52-,53-,54-,55-,56-,57-,58-,59+,60+/m1/s1. The first kappa shape index (κ1) is 66.5. The summed E-state index contributed by atoms with van der Waals surface area (Å²) >= 11 is 0. The summed E-state index contributed by atoms with van der Waals surface area (Å²) in [5.41, 5.74) is 6.36. The van der Waals surface area contributed by atoms with Gasteiger partial charge in [0.05, 0.1) is 65.1 Å². The molecule has 4 fully saturated rings. The highest BCUT2D eigenvalue weighted by Crippen LogP contribution is 2.39. The van der Waals surface area contributed by atoms with Crippen LogP contribution < -0.4 is 9.47 Å². The van der Waals surface area contributed by atoms with E-state index in [0.717, 1.165) is 33.4 Å². The van der Waals surface area contributed by atoms with Crippen LogP contribution in [-0.2, 0) is 64.2 Å². The smallest absolute Gasteiger partial charge is 0.187 e. The first-order chi connectivity index (χ1) is 43.6. The Bertz CT molecular complexity index is 2970.